The Kier molecular flexibility index (Phi) is 3.87. The van der Waals surface area contributed by atoms with Crippen molar-refractivity contribution in [3.05, 3.63) is 0 Å². The highest BCUT2D eigenvalue weighted by atomic mass is 16.4. The van der Waals surface area contributed by atoms with Gasteiger partial charge in [0, 0.05) is 18.1 Å². The van der Waals surface area contributed by atoms with E-state index in [-0.39, 0.29) is 30.7 Å². The number of nitrogens with zero attached hydrogens (tertiary/aromatic N) is 2. The summed E-state index contributed by atoms with van der Waals surface area (Å²) in [6.07, 6.45) is 2.06. The number of rotatable bonds is 4. The van der Waals surface area contributed by atoms with Gasteiger partial charge in [-0.25, -0.2) is 4.79 Å². The number of urea groups is 1. The number of carboxylic acids is 1. The van der Waals surface area contributed by atoms with E-state index in [0.717, 1.165) is 12.8 Å². The number of carbonyl (C=O) groups excluding carboxylic acids is 2. The number of amides is 3. The van der Waals surface area contributed by atoms with E-state index < -0.39 is 17.8 Å². The van der Waals surface area contributed by atoms with Crippen molar-refractivity contribution in [2.45, 2.75) is 51.2 Å². The molecule has 2 rings (SSSR count). The molecule has 2 aliphatic rings. The molecule has 0 aromatic carbocycles. The van der Waals surface area contributed by atoms with Crippen LogP contribution in [0.1, 0.15) is 33.1 Å². The van der Waals surface area contributed by atoms with Crippen LogP contribution in [0.3, 0.4) is 0 Å². The van der Waals surface area contributed by atoms with E-state index in [1.54, 1.807) is 4.90 Å². The zero-order chi connectivity index (χ0) is 15.0. The Bertz CT molecular complexity index is 437. The molecular formula is C13H21N3O4. The van der Waals surface area contributed by atoms with Crippen LogP contribution in [-0.2, 0) is 9.59 Å². The molecule has 2 bridgehead atoms. The van der Waals surface area contributed by atoms with Crippen molar-refractivity contribution in [2.24, 2.45) is 11.7 Å². The van der Waals surface area contributed by atoms with Gasteiger partial charge in [-0.3, -0.25) is 9.59 Å². The van der Waals surface area contributed by atoms with Crippen molar-refractivity contribution in [3.63, 3.8) is 0 Å². The van der Waals surface area contributed by atoms with Crippen LogP contribution in [0.25, 0.3) is 0 Å². The molecule has 0 spiro atoms. The second-order valence-electron chi connectivity index (χ2n) is 5.86. The van der Waals surface area contributed by atoms with E-state index in [2.05, 4.69) is 0 Å². The standard InChI is InChI=1S/C13H21N3O4/c1-7(2)15(6-11(14)17)13(20)16-8-3-4-10(16)9(5-8)12(18)19/h7-10H,3-6H2,1-2H3,(H2,14,17)(H,18,19). The van der Waals surface area contributed by atoms with Gasteiger partial charge in [-0.15, -0.1) is 0 Å². The predicted molar refractivity (Wildman–Crippen MR) is 70.8 cm³/mol. The minimum Gasteiger partial charge on any atom is -0.481 e. The molecule has 0 aromatic rings. The Labute approximate surface area is 117 Å². The van der Waals surface area contributed by atoms with Crippen LogP contribution in [-0.4, -0.2) is 57.5 Å². The Balaban J connectivity index is 2.16. The second-order valence-corrected chi connectivity index (χ2v) is 5.86. The first-order valence-electron chi connectivity index (χ1n) is 6.93. The highest BCUT2D eigenvalue weighted by Gasteiger charge is 2.52. The Hall–Kier alpha value is -1.79. The topological polar surface area (TPSA) is 104 Å². The smallest absolute Gasteiger partial charge is 0.321 e. The van der Waals surface area contributed by atoms with Gasteiger partial charge in [0.05, 0.1) is 5.92 Å². The molecule has 0 aliphatic carbocycles. The quantitative estimate of drug-likeness (QED) is 0.771. The van der Waals surface area contributed by atoms with Crippen molar-refractivity contribution in [1.29, 1.82) is 0 Å². The number of nitrogens with two attached hydrogens (primary N) is 1. The van der Waals surface area contributed by atoms with Crippen LogP contribution < -0.4 is 5.73 Å². The maximum Gasteiger partial charge on any atom is 0.321 e. The monoisotopic (exact) mass is 283 g/mol. The second kappa shape index (κ2) is 5.30. The molecule has 2 aliphatic heterocycles. The average Bonchev–Trinajstić information content (AvgIpc) is 2.91. The minimum absolute atomic E-state index is 0.0253. The fourth-order valence-electron chi connectivity index (χ4n) is 3.34. The number of hydrogen-bond acceptors (Lipinski definition) is 3. The third-order valence-electron chi connectivity index (χ3n) is 4.27. The highest BCUT2D eigenvalue weighted by molar-refractivity contribution is 5.84. The van der Waals surface area contributed by atoms with Crippen LogP contribution >= 0.6 is 0 Å². The number of fused-ring (bicyclic) bond motifs is 2. The third kappa shape index (κ3) is 2.44. The largest absolute Gasteiger partial charge is 0.481 e. The first kappa shape index (κ1) is 14.6. The molecule has 3 atom stereocenters. The van der Waals surface area contributed by atoms with Crippen LogP contribution in [0, 0.1) is 5.92 Å². The van der Waals surface area contributed by atoms with Crippen molar-refractivity contribution < 1.29 is 19.5 Å². The Morgan fingerprint density at radius 2 is 2.00 bits per heavy atom. The van der Waals surface area contributed by atoms with Gasteiger partial charge in [-0.05, 0) is 33.1 Å². The minimum atomic E-state index is -0.846. The molecule has 0 radical (unpaired) electrons. The summed E-state index contributed by atoms with van der Waals surface area (Å²) in [5, 5.41) is 9.20. The number of carbonyl (C=O) groups is 3. The lowest BCUT2D eigenvalue weighted by molar-refractivity contribution is -0.142. The fourth-order valence-corrected chi connectivity index (χ4v) is 3.34. The van der Waals surface area contributed by atoms with Crippen LogP contribution in [0.5, 0.6) is 0 Å². The summed E-state index contributed by atoms with van der Waals surface area (Å²) in [5.74, 6) is -1.89. The van der Waals surface area contributed by atoms with E-state index in [1.807, 2.05) is 13.8 Å². The van der Waals surface area contributed by atoms with Crippen LogP contribution in [0.4, 0.5) is 4.79 Å². The highest BCUT2D eigenvalue weighted by Crippen LogP contribution is 2.42. The molecule has 2 fully saturated rings. The van der Waals surface area contributed by atoms with Gasteiger partial charge in [0.15, 0.2) is 0 Å². The zero-order valence-corrected chi connectivity index (χ0v) is 11.8. The van der Waals surface area contributed by atoms with E-state index >= 15 is 0 Å². The molecule has 3 unspecified atom stereocenters. The summed E-state index contributed by atoms with van der Waals surface area (Å²) < 4.78 is 0. The van der Waals surface area contributed by atoms with Gasteiger partial charge in [-0.1, -0.05) is 0 Å². The number of primary amides is 1. The third-order valence-corrected chi connectivity index (χ3v) is 4.27. The molecule has 112 valence electrons. The van der Waals surface area contributed by atoms with Gasteiger partial charge in [0.25, 0.3) is 0 Å². The fraction of sp³-hybridized carbons (Fsp3) is 0.769. The van der Waals surface area contributed by atoms with Crippen molar-refractivity contribution in [3.8, 4) is 0 Å². The molecular weight excluding hydrogens is 262 g/mol. The summed E-state index contributed by atoms with van der Waals surface area (Å²) in [7, 11) is 0. The molecule has 20 heavy (non-hydrogen) atoms. The lowest BCUT2D eigenvalue weighted by Gasteiger charge is -2.33. The summed E-state index contributed by atoms with van der Waals surface area (Å²) in [6.45, 7) is 3.49. The molecule has 0 aromatic heterocycles. The van der Waals surface area contributed by atoms with Crippen LogP contribution in [0.15, 0.2) is 0 Å². The summed E-state index contributed by atoms with van der Waals surface area (Å²) in [6, 6.07) is -0.699. The Morgan fingerprint density at radius 1 is 1.35 bits per heavy atom. The first-order chi connectivity index (χ1) is 9.32. The summed E-state index contributed by atoms with van der Waals surface area (Å²) in [5.41, 5.74) is 5.18. The summed E-state index contributed by atoms with van der Waals surface area (Å²) >= 11 is 0. The van der Waals surface area contributed by atoms with Gasteiger partial charge >= 0.3 is 12.0 Å². The maximum absolute atomic E-state index is 12.6. The van der Waals surface area contributed by atoms with Crippen molar-refractivity contribution in [1.82, 2.24) is 9.80 Å². The maximum atomic E-state index is 12.6. The van der Waals surface area contributed by atoms with Gasteiger partial charge < -0.3 is 20.6 Å². The predicted octanol–water partition coefficient (Wildman–Crippen LogP) is 0.240. The lowest BCUT2D eigenvalue weighted by Crippen LogP contribution is -2.51. The average molecular weight is 283 g/mol. The lowest BCUT2D eigenvalue weighted by atomic mass is 9.89. The molecule has 3 amide bonds. The van der Waals surface area contributed by atoms with E-state index in [9.17, 15) is 19.5 Å². The number of carboxylic acid groups (broad SMARTS) is 1. The molecule has 7 heteroatoms. The van der Waals surface area contributed by atoms with Gasteiger partial charge in [0.2, 0.25) is 5.91 Å². The van der Waals surface area contributed by atoms with E-state index in [4.69, 9.17) is 5.73 Å². The van der Waals surface area contributed by atoms with Crippen molar-refractivity contribution >= 4 is 17.9 Å². The van der Waals surface area contributed by atoms with E-state index in [0.29, 0.717) is 6.42 Å². The first-order valence-corrected chi connectivity index (χ1v) is 6.93. The van der Waals surface area contributed by atoms with Gasteiger partial charge in [0.1, 0.15) is 6.54 Å². The molecule has 7 nitrogen and oxygen atoms in total. The molecule has 3 N–H and O–H groups in total. The SMILES string of the molecule is CC(C)N(CC(N)=O)C(=O)N1C2CCC1C(C(=O)O)C2. The number of hydrogen-bond donors (Lipinski definition) is 2. The normalized spacial score (nSPS) is 27.9. The zero-order valence-electron chi connectivity index (χ0n) is 11.8. The van der Waals surface area contributed by atoms with Crippen molar-refractivity contribution in [2.75, 3.05) is 6.54 Å². The molecule has 2 heterocycles. The van der Waals surface area contributed by atoms with E-state index in [1.165, 1.54) is 4.90 Å². The summed E-state index contributed by atoms with van der Waals surface area (Å²) in [4.78, 5) is 38.0. The Morgan fingerprint density at radius 3 is 2.45 bits per heavy atom. The molecule has 2 saturated heterocycles. The van der Waals surface area contributed by atoms with Gasteiger partial charge in [-0.2, -0.15) is 0 Å². The van der Waals surface area contributed by atoms with Crippen LogP contribution in [0.2, 0.25) is 0 Å². The molecule has 0 saturated carbocycles. The number of aliphatic carboxylic acids is 1.